The highest BCUT2D eigenvalue weighted by Crippen LogP contribution is 2.19. The maximum atomic E-state index is 13.0. The van der Waals surface area contributed by atoms with Crippen molar-refractivity contribution in [2.75, 3.05) is 27.3 Å². The van der Waals surface area contributed by atoms with Crippen molar-refractivity contribution in [3.8, 4) is 11.8 Å². The van der Waals surface area contributed by atoms with E-state index in [1.807, 2.05) is 0 Å². The van der Waals surface area contributed by atoms with Crippen molar-refractivity contribution in [2.24, 2.45) is 0 Å². The molecular formula is C13H19ClFN3O3. The van der Waals surface area contributed by atoms with Gasteiger partial charge in [0.05, 0.1) is 14.2 Å². The first kappa shape index (κ1) is 17.5. The smallest absolute Gasteiger partial charge is 0.256 e. The molecule has 6 nitrogen and oxygen atoms in total. The van der Waals surface area contributed by atoms with E-state index in [4.69, 9.17) is 9.47 Å². The molecule has 0 spiro atoms. The Morgan fingerprint density at radius 1 is 1.48 bits per heavy atom. The molecule has 0 aromatic carbocycles. The number of carbonyl (C=O) groups excluding carboxylic acids is 1. The van der Waals surface area contributed by atoms with E-state index in [1.165, 1.54) is 14.2 Å². The molecule has 1 amide bonds. The third-order valence-electron chi connectivity index (χ3n) is 3.16. The number of halogens is 2. The van der Waals surface area contributed by atoms with E-state index >= 15 is 0 Å². The van der Waals surface area contributed by atoms with Crippen LogP contribution in [0, 0.1) is 0 Å². The Balaban J connectivity index is 0.00000220. The first-order chi connectivity index (χ1) is 9.63. The average Bonchev–Trinajstić information content (AvgIpc) is 2.89. The van der Waals surface area contributed by atoms with E-state index in [9.17, 15) is 9.18 Å². The van der Waals surface area contributed by atoms with E-state index in [-0.39, 0.29) is 30.2 Å². The lowest BCUT2D eigenvalue weighted by Crippen LogP contribution is -2.37. The van der Waals surface area contributed by atoms with Gasteiger partial charge in [0, 0.05) is 25.2 Å². The second-order valence-electron chi connectivity index (χ2n) is 4.56. The number of rotatable bonds is 5. The molecule has 1 aromatic rings. The molecule has 8 heteroatoms. The predicted octanol–water partition coefficient (Wildman–Crippen LogP) is 0.950. The largest absolute Gasteiger partial charge is 0.481 e. The van der Waals surface area contributed by atoms with E-state index < -0.39 is 6.17 Å². The average molecular weight is 320 g/mol. The van der Waals surface area contributed by atoms with Gasteiger partial charge in [0.1, 0.15) is 11.7 Å². The number of alkyl halides is 1. The van der Waals surface area contributed by atoms with Gasteiger partial charge in [-0.25, -0.2) is 4.39 Å². The summed E-state index contributed by atoms with van der Waals surface area (Å²) in [6.45, 7) is 0.711. The second kappa shape index (κ2) is 7.99. The lowest BCUT2D eigenvalue weighted by molar-refractivity contribution is 0.0946. The van der Waals surface area contributed by atoms with Crippen LogP contribution in [0.3, 0.4) is 0 Å². The number of hydrogen-bond acceptors (Lipinski definition) is 5. The highest BCUT2D eigenvalue weighted by Gasteiger charge is 2.24. The number of amides is 1. The number of aromatic nitrogens is 1. The van der Waals surface area contributed by atoms with Gasteiger partial charge in [-0.2, -0.15) is 4.98 Å². The predicted molar refractivity (Wildman–Crippen MR) is 78.2 cm³/mol. The van der Waals surface area contributed by atoms with Gasteiger partial charge in [-0.1, -0.05) is 0 Å². The summed E-state index contributed by atoms with van der Waals surface area (Å²) in [6.07, 6.45) is -0.424. The van der Waals surface area contributed by atoms with E-state index in [0.717, 1.165) is 0 Å². The van der Waals surface area contributed by atoms with Crippen molar-refractivity contribution in [2.45, 2.75) is 18.6 Å². The Bertz CT molecular complexity index is 490. The molecule has 2 rings (SSSR count). The summed E-state index contributed by atoms with van der Waals surface area (Å²) < 4.78 is 23.0. The topological polar surface area (TPSA) is 72.5 Å². The minimum Gasteiger partial charge on any atom is -0.481 e. The number of nitrogens with one attached hydrogen (secondary N) is 2. The Hall–Kier alpha value is -1.60. The summed E-state index contributed by atoms with van der Waals surface area (Å²) in [5.41, 5.74) is 0.322. The van der Waals surface area contributed by atoms with Gasteiger partial charge in [0.2, 0.25) is 11.8 Å². The van der Waals surface area contributed by atoms with Crippen molar-refractivity contribution in [3.05, 3.63) is 17.7 Å². The van der Waals surface area contributed by atoms with Crippen LogP contribution in [0.5, 0.6) is 11.8 Å². The molecular weight excluding hydrogens is 301 g/mol. The standard InChI is InChI=1S/C13H18FN3O3.ClH/c1-19-11-4-3-10(13(17-11)20-2)12(18)16-7-9-5-8(14)6-15-9;/h3-4,8-9,15H,5-7H2,1-2H3,(H,16,18);1H/t8-,9-;/m0./s1. The number of carbonyl (C=O) groups is 1. The molecule has 0 bridgehead atoms. The van der Waals surface area contributed by atoms with Crippen molar-refractivity contribution in [1.29, 1.82) is 0 Å². The molecule has 0 unspecified atom stereocenters. The van der Waals surface area contributed by atoms with Gasteiger partial charge >= 0.3 is 0 Å². The Kier molecular flexibility index (Phi) is 6.64. The molecule has 0 saturated carbocycles. The summed E-state index contributed by atoms with van der Waals surface area (Å²) in [7, 11) is 2.92. The maximum absolute atomic E-state index is 13.0. The Morgan fingerprint density at radius 3 is 2.81 bits per heavy atom. The van der Waals surface area contributed by atoms with Gasteiger partial charge in [-0.15, -0.1) is 12.4 Å². The van der Waals surface area contributed by atoms with Crippen molar-refractivity contribution in [1.82, 2.24) is 15.6 Å². The summed E-state index contributed by atoms with van der Waals surface area (Å²) in [4.78, 5) is 16.1. The van der Waals surface area contributed by atoms with Crippen LogP contribution < -0.4 is 20.1 Å². The zero-order valence-corrected chi connectivity index (χ0v) is 12.7. The molecule has 0 aliphatic carbocycles. The SMILES string of the molecule is COc1ccc(C(=O)NC[C@@H]2C[C@H](F)CN2)c(OC)n1.Cl. The Morgan fingerprint density at radius 2 is 2.24 bits per heavy atom. The van der Waals surface area contributed by atoms with Crippen LogP contribution >= 0.6 is 12.4 Å². The summed E-state index contributed by atoms with van der Waals surface area (Å²) in [6, 6.07) is 3.13. The second-order valence-corrected chi connectivity index (χ2v) is 4.56. The first-order valence-electron chi connectivity index (χ1n) is 6.38. The molecule has 21 heavy (non-hydrogen) atoms. The highest BCUT2D eigenvalue weighted by atomic mass is 35.5. The van der Waals surface area contributed by atoms with Crippen LogP contribution in [0.15, 0.2) is 12.1 Å². The monoisotopic (exact) mass is 319 g/mol. The fourth-order valence-corrected chi connectivity index (χ4v) is 2.10. The molecule has 118 valence electrons. The van der Waals surface area contributed by atoms with Gasteiger partial charge in [-0.3, -0.25) is 4.79 Å². The van der Waals surface area contributed by atoms with E-state index in [2.05, 4.69) is 15.6 Å². The van der Waals surface area contributed by atoms with E-state index in [0.29, 0.717) is 31.0 Å². The zero-order valence-electron chi connectivity index (χ0n) is 11.9. The van der Waals surface area contributed by atoms with Crippen LogP contribution in [0.1, 0.15) is 16.8 Å². The van der Waals surface area contributed by atoms with Crippen LogP contribution in [-0.4, -0.2) is 50.4 Å². The van der Waals surface area contributed by atoms with Crippen LogP contribution in [0.25, 0.3) is 0 Å². The molecule has 1 aromatic heterocycles. The minimum atomic E-state index is -0.839. The number of hydrogen-bond donors (Lipinski definition) is 2. The normalized spacial score (nSPS) is 20.5. The molecule has 2 N–H and O–H groups in total. The summed E-state index contributed by atoms with van der Waals surface area (Å²) in [5.74, 6) is 0.266. The molecule has 1 fully saturated rings. The van der Waals surface area contributed by atoms with Gasteiger partial charge in [0.15, 0.2) is 0 Å². The maximum Gasteiger partial charge on any atom is 0.256 e. The minimum absolute atomic E-state index is 0. The lowest BCUT2D eigenvalue weighted by Gasteiger charge is -2.13. The third kappa shape index (κ3) is 4.44. The van der Waals surface area contributed by atoms with Crippen LogP contribution in [0.4, 0.5) is 4.39 Å². The van der Waals surface area contributed by atoms with Gasteiger partial charge < -0.3 is 20.1 Å². The van der Waals surface area contributed by atoms with Crippen molar-refractivity contribution < 1.29 is 18.7 Å². The van der Waals surface area contributed by atoms with Crippen molar-refractivity contribution >= 4 is 18.3 Å². The fraction of sp³-hybridized carbons (Fsp3) is 0.538. The molecule has 1 aliphatic heterocycles. The highest BCUT2D eigenvalue weighted by molar-refractivity contribution is 5.96. The lowest BCUT2D eigenvalue weighted by atomic mass is 10.2. The number of pyridine rings is 1. The molecule has 2 atom stereocenters. The van der Waals surface area contributed by atoms with Gasteiger partial charge in [0.25, 0.3) is 5.91 Å². The van der Waals surface area contributed by atoms with Crippen molar-refractivity contribution in [3.63, 3.8) is 0 Å². The first-order valence-corrected chi connectivity index (χ1v) is 6.38. The zero-order chi connectivity index (χ0) is 14.5. The summed E-state index contributed by atoms with van der Waals surface area (Å²) in [5, 5.41) is 5.75. The number of nitrogens with zero attached hydrogens (tertiary/aromatic N) is 1. The number of ether oxygens (including phenoxy) is 2. The third-order valence-corrected chi connectivity index (χ3v) is 3.16. The fourth-order valence-electron chi connectivity index (χ4n) is 2.10. The molecule has 0 radical (unpaired) electrons. The van der Waals surface area contributed by atoms with E-state index in [1.54, 1.807) is 12.1 Å². The molecule has 2 heterocycles. The van der Waals surface area contributed by atoms with Crippen LogP contribution in [0.2, 0.25) is 0 Å². The molecule has 1 saturated heterocycles. The molecule has 1 aliphatic rings. The van der Waals surface area contributed by atoms with Gasteiger partial charge in [-0.05, 0) is 12.5 Å². The number of methoxy groups -OCH3 is 2. The Labute approximate surface area is 128 Å². The van der Waals surface area contributed by atoms with Crippen LogP contribution in [-0.2, 0) is 0 Å². The summed E-state index contributed by atoms with van der Waals surface area (Å²) >= 11 is 0. The quantitative estimate of drug-likeness (QED) is 0.845.